The number of ether oxygens (including phenoxy) is 1. The standard InChI is InChI=1S/C20H23NOSi/c1-22-15-9-10-18-17(12-15)20-16-8-6-5-7-14(16)11-19(20)21(18)13-23(2,3)4/h5-10,12H,11,13H2,1-4H3. The lowest BCUT2D eigenvalue weighted by molar-refractivity contribution is 0.415. The highest BCUT2D eigenvalue weighted by molar-refractivity contribution is 6.75. The average Bonchev–Trinajstić information content (AvgIpc) is 3.02. The number of hydrogen-bond acceptors (Lipinski definition) is 1. The zero-order chi connectivity index (χ0) is 16.2. The predicted octanol–water partition coefficient (Wildman–Crippen LogP) is 5.10. The summed E-state index contributed by atoms with van der Waals surface area (Å²) in [6.07, 6.45) is 2.21. The molecular weight excluding hydrogens is 298 g/mol. The summed E-state index contributed by atoms with van der Waals surface area (Å²) in [5.41, 5.74) is 7.11. The molecule has 0 unspecified atom stereocenters. The molecule has 0 aliphatic heterocycles. The highest BCUT2D eigenvalue weighted by atomic mass is 28.3. The van der Waals surface area contributed by atoms with Gasteiger partial charge in [0.15, 0.2) is 0 Å². The van der Waals surface area contributed by atoms with Crippen LogP contribution in [0.25, 0.3) is 22.0 Å². The van der Waals surface area contributed by atoms with Crippen molar-refractivity contribution in [2.45, 2.75) is 32.2 Å². The Bertz CT molecular complexity index is 902. The minimum absolute atomic E-state index is 0.940. The summed E-state index contributed by atoms with van der Waals surface area (Å²) < 4.78 is 8.06. The fourth-order valence-corrected chi connectivity index (χ4v) is 5.06. The molecule has 0 radical (unpaired) electrons. The van der Waals surface area contributed by atoms with Crippen LogP contribution in [0.1, 0.15) is 11.3 Å². The predicted molar refractivity (Wildman–Crippen MR) is 100 cm³/mol. The fraction of sp³-hybridized carbons (Fsp3) is 0.300. The summed E-state index contributed by atoms with van der Waals surface area (Å²) in [6, 6.07) is 15.3. The van der Waals surface area contributed by atoms with E-state index in [9.17, 15) is 0 Å². The molecule has 0 saturated heterocycles. The Morgan fingerprint density at radius 2 is 1.87 bits per heavy atom. The number of nitrogens with zero attached hydrogens (tertiary/aromatic N) is 1. The second-order valence-corrected chi connectivity index (χ2v) is 13.1. The van der Waals surface area contributed by atoms with Gasteiger partial charge in [0.1, 0.15) is 5.75 Å². The molecule has 23 heavy (non-hydrogen) atoms. The van der Waals surface area contributed by atoms with Gasteiger partial charge in [-0.3, -0.25) is 0 Å². The number of rotatable bonds is 3. The van der Waals surface area contributed by atoms with E-state index in [0.717, 1.165) is 12.2 Å². The normalized spacial score (nSPS) is 13.2. The van der Waals surface area contributed by atoms with Crippen molar-refractivity contribution in [3.63, 3.8) is 0 Å². The van der Waals surface area contributed by atoms with Gasteiger partial charge < -0.3 is 9.30 Å². The van der Waals surface area contributed by atoms with Gasteiger partial charge in [-0.15, -0.1) is 0 Å². The smallest absolute Gasteiger partial charge is 0.119 e. The van der Waals surface area contributed by atoms with E-state index in [1.165, 1.54) is 39.5 Å². The second-order valence-electron chi connectivity index (χ2n) is 7.69. The highest BCUT2D eigenvalue weighted by Crippen LogP contribution is 2.44. The highest BCUT2D eigenvalue weighted by Gasteiger charge is 2.28. The van der Waals surface area contributed by atoms with Crippen molar-refractivity contribution < 1.29 is 4.74 Å². The summed E-state index contributed by atoms with van der Waals surface area (Å²) in [7, 11) is 0.529. The molecule has 0 amide bonds. The lowest BCUT2D eigenvalue weighted by atomic mass is 10.0. The molecule has 0 spiro atoms. The van der Waals surface area contributed by atoms with Gasteiger partial charge >= 0.3 is 0 Å². The number of aromatic nitrogens is 1. The maximum atomic E-state index is 5.48. The SMILES string of the molecule is COc1ccc2c(c1)c1c(n2C[Si](C)(C)C)Cc2ccccc2-1. The third kappa shape index (κ3) is 2.31. The second kappa shape index (κ2) is 5.00. The van der Waals surface area contributed by atoms with Crippen LogP contribution in [0.4, 0.5) is 0 Å². The van der Waals surface area contributed by atoms with Crippen LogP contribution < -0.4 is 4.74 Å². The first-order valence-electron chi connectivity index (χ1n) is 8.25. The topological polar surface area (TPSA) is 14.2 Å². The minimum Gasteiger partial charge on any atom is -0.497 e. The third-order valence-electron chi connectivity index (χ3n) is 4.66. The molecule has 2 aromatic carbocycles. The van der Waals surface area contributed by atoms with Gasteiger partial charge in [-0.2, -0.15) is 0 Å². The summed E-state index contributed by atoms with van der Waals surface area (Å²) in [5.74, 6) is 0.940. The van der Waals surface area contributed by atoms with E-state index in [1.807, 2.05) is 0 Å². The van der Waals surface area contributed by atoms with Gasteiger partial charge in [0.25, 0.3) is 0 Å². The van der Waals surface area contributed by atoms with E-state index >= 15 is 0 Å². The van der Waals surface area contributed by atoms with Gasteiger partial charge in [0.05, 0.1) is 15.2 Å². The Labute approximate surface area is 138 Å². The molecule has 0 saturated carbocycles. The van der Waals surface area contributed by atoms with Gasteiger partial charge in [-0.1, -0.05) is 43.9 Å². The maximum absolute atomic E-state index is 5.48. The molecule has 0 bridgehead atoms. The van der Waals surface area contributed by atoms with E-state index in [4.69, 9.17) is 4.74 Å². The van der Waals surface area contributed by atoms with Crippen LogP contribution in [0.5, 0.6) is 5.75 Å². The van der Waals surface area contributed by atoms with Crippen LogP contribution in [0.3, 0.4) is 0 Å². The molecule has 1 aliphatic rings. The summed E-state index contributed by atoms with van der Waals surface area (Å²) >= 11 is 0. The number of benzene rings is 2. The van der Waals surface area contributed by atoms with Crippen LogP contribution in [0, 0.1) is 0 Å². The molecule has 3 aromatic rings. The summed E-state index contributed by atoms with van der Waals surface area (Å²) in [4.78, 5) is 0. The zero-order valence-electron chi connectivity index (χ0n) is 14.3. The Balaban J connectivity index is 2.03. The average molecular weight is 321 g/mol. The molecule has 0 N–H and O–H groups in total. The van der Waals surface area contributed by atoms with Crippen molar-refractivity contribution in [3.05, 3.63) is 53.7 Å². The first-order valence-corrected chi connectivity index (χ1v) is 12.0. The Morgan fingerprint density at radius 1 is 1.09 bits per heavy atom. The van der Waals surface area contributed by atoms with E-state index < -0.39 is 8.07 Å². The van der Waals surface area contributed by atoms with Gasteiger partial charge in [-0.05, 0) is 29.3 Å². The van der Waals surface area contributed by atoms with E-state index in [1.54, 1.807) is 7.11 Å². The lowest BCUT2D eigenvalue weighted by Gasteiger charge is -2.20. The number of methoxy groups -OCH3 is 1. The van der Waals surface area contributed by atoms with Crippen molar-refractivity contribution in [3.8, 4) is 16.9 Å². The largest absolute Gasteiger partial charge is 0.497 e. The number of fused-ring (bicyclic) bond motifs is 5. The zero-order valence-corrected chi connectivity index (χ0v) is 15.3. The van der Waals surface area contributed by atoms with Crippen LogP contribution in [-0.4, -0.2) is 19.8 Å². The Hall–Kier alpha value is -2.00. The first kappa shape index (κ1) is 14.6. The third-order valence-corrected chi connectivity index (χ3v) is 5.92. The molecule has 3 heteroatoms. The van der Waals surface area contributed by atoms with E-state index in [-0.39, 0.29) is 0 Å². The number of hydrogen-bond donors (Lipinski definition) is 0. The molecule has 0 fully saturated rings. The van der Waals surface area contributed by atoms with Gasteiger partial charge in [0.2, 0.25) is 0 Å². The van der Waals surface area contributed by atoms with Crippen LogP contribution in [0.2, 0.25) is 19.6 Å². The van der Waals surface area contributed by atoms with E-state index in [2.05, 4.69) is 66.7 Å². The molecule has 1 aromatic heterocycles. The molecule has 1 heterocycles. The lowest BCUT2D eigenvalue weighted by Crippen LogP contribution is -2.28. The molecule has 2 nitrogen and oxygen atoms in total. The van der Waals surface area contributed by atoms with Gasteiger partial charge in [-0.25, -0.2) is 0 Å². The Kier molecular flexibility index (Phi) is 3.17. The van der Waals surface area contributed by atoms with Crippen molar-refractivity contribution in [2.75, 3.05) is 7.11 Å². The molecule has 0 atom stereocenters. The maximum Gasteiger partial charge on any atom is 0.119 e. The molecular formula is C20H23NOSi. The van der Waals surface area contributed by atoms with Crippen LogP contribution in [0.15, 0.2) is 42.5 Å². The first-order chi connectivity index (χ1) is 11.0. The summed E-state index contributed by atoms with van der Waals surface area (Å²) in [6.45, 7) is 7.32. The van der Waals surface area contributed by atoms with Crippen LogP contribution >= 0.6 is 0 Å². The monoisotopic (exact) mass is 321 g/mol. The van der Waals surface area contributed by atoms with Crippen molar-refractivity contribution in [2.24, 2.45) is 0 Å². The van der Waals surface area contributed by atoms with Gasteiger partial charge in [0, 0.05) is 34.7 Å². The summed E-state index contributed by atoms with van der Waals surface area (Å²) in [5, 5.41) is 1.34. The molecule has 1 aliphatic carbocycles. The fourth-order valence-electron chi connectivity index (χ4n) is 3.75. The quantitative estimate of drug-likeness (QED) is 0.479. The van der Waals surface area contributed by atoms with Crippen molar-refractivity contribution in [1.82, 2.24) is 4.57 Å². The van der Waals surface area contributed by atoms with Crippen molar-refractivity contribution >= 4 is 19.0 Å². The van der Waals surface area contributed by atoms with Crippen LogP contribution in [-0.2, 0) is 12.6 Å². The molecule has 118 valence electrons. The Morgan fingerprint density at radius 3 is 2.61 bits per heavy atom. The molecule has 4 rings (SSSR count). The van der Waals surface area contributed by atoms with Crippen molar-refractivity contribution in [1.29, 1.82) is 0 Å². The minimum atomic E-state index is -1.22. The van der Waals surface area contributed by atoms with E-state index in [0.29, 0.717) is 0 Å².